The average molecular weight is 398 g/mol. The number of nitrogens with zero attached hydrogens (tertiary/aromatic N) is 1. The number of piperidine rings is 1. The summed E-state index contributed by atoms with van der Waals surface area (Å²) in [6.07, 6.45) is 9.49. The third-order valence-corrected chi connectivity index (χ3v) is 7.63. The standard InChI is InChI=1S/C23H29NO3.C2H6/c1-25-18-5-4-17-12-21-19-6-7-23(26-10-11-27-23)15-22(19,20(17)13-18)8-9-24(21)14-16-2-3-16;1-2/h4-6,13,16,21H,2-3,7-12,14-15H2,1H3;1-2H3/t21?,22-;/m1./s1. The van der Waals surface area contributed by atoms with Crippen LogP contribution in [0.4, 0.5) is 0 Å². The molecule has 2 aliphatic heterocycles. The van der Waals surface area contributed by atoms with Crippen molar-refractivity contribution in [1.29, 1.82) is 0 Å². The highest BCUT2D eigenvalue weighted by Crippen LogP contribution is 2.57. The first-order valence-corrected chi connectivity index (χ1v) is 11.6. The number of rotatable bonds is 3. The lowest BCUT2D eigenvalue weighted by Crippen LogP contribution is -2.59. The lowest BCUT2D eigenvalue weighted by atomic mass is 9.55. The number of benzene rings is 1. The second kappa shape index (κ2) is 7.40. The quantitative estimate of drug-likeness (QED) is 0.705. The van der Waals surface area contributed by atoms with Crippen LogP contribution < -0.4 is 4.74 Å². The number of ether oxygens (including phenoxy) is 3. The smallest absolute Gasteiger partial charge is 0.173 e. The van der Waals surface area contributed by atoms with Crippen molar-refractivity contribution in [2.45, 2.75) is 69.6 Å². The highest BCUT2D eigenvalue weighted by Gasteiger charge is 2.57. The van der Waals surface area contributed by atoms with Gasteiger partial charge in [0.1, 0.15) is 5.75 Å². The molecule has 158 valence electrons. The molecule has 0 aromatic heterocycles. The molecule has 0 amide bonds. The van der Waals surface area contributed by atoms with Crippen LogP contribution >= 0.6 is 0 Å². The average Bonchev–Trinajstić information content (AvgIpc) is 3.48. The zero-order valence-electron chi connectivity index (χ0n) is 18.2. The van der Waals surface area contributed by atoms with Crippen molar-refractivity contribution in [3.63, 3.8) is 0 Å². The fraction of sp³-hybridized carbons (Fsp3) is 0.680. The van der Waals surface area contributed by atoms with Gasteiger partial charge in [-0.15, -0.1) is 0 Å². The molecule has 2 saturated heterocycles. The molecule has 2 bridgehead atoms. The van der Waals surface area contributed by atoms with E-state index in [0.717, 1.165) is 50.6 Å². The van der Waals surface area contributed by atoms with Gasteiger partial charge in [0.05, 0.1) is 20.3 Å². The summed E-state index contributed by atoms with van der Waals surface area (Å²) in [5.74, 6) is 1.49. The van der Waals surface area contributed by atoms with E-state index < -0.39 is 5.79 Å². The van der Waals surface area contributed by atoms with Crippen molar-refractivity contribution in [2.75, 3.05) is 33.4 Å². The van der Waals surface area contributed by atoms with Crippen molar-refractivity contribution < 1.29 is 14.2 Å². The maximum Gasteiger partial charge on any atom is 0.173 e. The van der Waals surface area contributed by atoms with Crippen LogP contribution in [-0.2, 0) is 21.3 Å². The van der Waals surface area contributed by atoms with E-state index in [-0.39, 0.29) is 5.41 Å². The maximum atomic E-state index is 6.18. The van der Waals surface area contributed by atoms with Crippen LogP contribution in [0, 0.1) is 5.92 Å². The fourth-order valence-electron chi connectivity index (χ4n) is 6.18. The molecule has 3 fully saturated rings. The molecule has 1 aromatic carbocycles. The minimum Gasteiger partial charge on any atom is -0.497 e. The van der Waals surface area contributed by atoms with Crippen LogP contribution in [0.15, 0.2) is 29.8 Å². The molecule has 5 aliphatic rings. The Kier molecular flexibility index (Phi) is 5.00. The number of hydrogen-bond donors (Lipinski definition) is 0. The van der Waals surface area contributed by atoms with Crippen LogP contribution in [0.25, 0.3) is 0 Å². The molecular formula is C25H35NO3. The third kappa shape index (κ3) is 3.15. The molecular weight excluding hydrogens is 362 g/mol. The maximum absolute atomic E-state index is 6.18. The van der Waals surface area contributed by atoms with Crippen LogP contribution in [0.3, 0.4) is 0 Å². The summed E-state index contributed by atoms with van der Waals surface area (Å²) in [4.78, 5) is 2.78. The molecule has 6 rings (SSSR count). The van der Waals surface area contributed by atoms with E-state index in [0.29, 0.717) is 6.04 Å². The van der Waals surface area contributed by atoms with Crippen molar-refractivity contribution in [3.05, 3.63) is 41.0 Å². The highest BCUT2D eigenvalue weighted by molar-refractivity contribution is 5.54. The molecule has 0 N–H and O–H groups in total. The predicted molar refractivity (Wildman–Crippen MR) is 114 cm³/mol. The molecule has 3 aliphatic carbocycles. The predicted octanol–water partition coefficient (Wildman–Crippen LogP) is 4.46. The summed E-state index contributed by atoms with van der Waals surface area (Å²) in [6, 6.07) is 7.28. The largest absolute Gasteiger partial charge is 0.497 e. The van der Waals surface area contributed by atoms with Gasteiger partial charge in [-0.3, -0.25) is 4.90 Å². The molecule has 29 heavy (non-hydrogen) atoms. The summed E-state index contributed by atoms with van der Waals surface area (Å²) in [5, 5.41) is 0. The Morgan fingerprint density at radius 2 is 1.97 bits per heavy atom. The van der Waals surface area contributed by atoms with E-state index in [1.54, 1.807) is 12.7 Å². The van der Waals surface area contributed by atoms with E-state index >= 15 is 0 Å². The summed E-state index contributed by atoms with van der Waals surface area (Å²) < 4.78 is 18.0. The number of methoxy groups -OCH3 is 1. The van der Waals surface area contributed by atoms with Crippen LogP contribution in [-0.4, -0.2) is 50.1 Å². The molecule has 0 radical (unpaired) electrons. The van der Waals surface area contributed by atoms with Gasteiger partial charge in [-0.1, -0.05) is 26.0 Å². The Morgan fingerprint density at radius 3 is 2.69 bits per heavy atom. The Bertz CT molecular complexity index is 793. The van der Waals surface area contributed by atoms with E-state index in [1.807, 2.05) is 13.8 Å². The van der Waals surface area contributed by atoms with Gasteiger partial charge in [-0.05, 0) is 67.0 Å². The van der Waals surface area contributed by atoms with Gasteiger partial charge in [0, 0.05) is 30.8 Å². The van der Waals surface area contributed by atoms with Crippen molar-refractivity contribution >= 4 is 0 Å². The number of hydrogen-bond acceptors (Lipinski definition) is 4. The molecule has 1 spiro atoms. The summed E-state index contributed by atoms with van der Waals surface area (Å²) in [7, 11) is 1.77. The molecule has 2 atom stereocenters. The second-order valence-electron chi connectivity index (χ2n) is 9.16. The van der Waals surface area contributed by atoms with E-state index in [9.17, 15) is 0 Å². The zero-order valence-corrected chi connectivity index (χ0v) is 18.2. The van der Waals surface area contributed by atoms with Gasteiger partial charge in [0.2, 0.25) is 0 Å². The van der Waals surface area contributed by atoms with Crippen LogP contribution in [0.1, 0.15) is 57.1 Å². The first-order chi connectivity index (χ1) is 14.2. The highest BCUT2D eigenvalue weighted by atomic mass is 16.7. The van der Waals surface area contributed by atoms with Gasteiger partial charge >= 0.3 is 0 Å². The van der Waals surface area contributed by atoms with Gasteiger partial charge in [0.15, 0.2) is 5.79 Å². The SMILES string of the molecule is CC.COc1ccc2c(c1)[C@@]13CCN(CC4CC4)C(C2)C1=CCC1(C3)OCCO1. The van der Waals surface area contributed by atoms with Crippen LogP contribution in [0.2, 0.25) is 0 Å². The molecule has 1 unspecified atom stereocenters. The number of fused-ring (bicyclic) bond motifs is 1. The van der Waals surface area contributed by atoms with Gasteiger partial charge in [-0.25, -0.2) is 0 Å². The van der Waals surface area contributed by atoms with E-state index in [2.05, 4.69) is 29.2 Å². The van der Waals surface area contributed by atoms with Crippen molar-refractivity contribution in [2.24, 2.45) is 5.92 Å². The molecule has 2 heterocycles. The minimum atomic E-state index is -0.412. The van der Waals surface area contributed by atoms with Gasteiger partial charge < -0.3 is 14.2 Å². The summed E-state index contributed by atoms with van der Waals surface area (Å²) >= 11 is 0. The monoisotopic (exact) mass is 397 g/mol. The van der Waals surface area contributed by atoms with E-state index in [4.69, 9.17) is 14.2 Å². The second-order valence-corrected chi connectivity index (χ2v) is 9.16. The Morgan fingerprint density at radius 1 is 1.17 bits per heavy atom. The lowest BCUT2D eigenvalue weighted by Gasteiger charge is -2.57. The normalized spacial score (nSPS) is 32.0. The summed E-state index contributed by atoms with van der Waals surface area (Å²) in [5.41, 5.74) is 4.65. The van der Waals surface area contributed by atoms with E-state index in [1.165, 1.54) is 37.1 Å². The fourth-order valence-corrected chi connectivity index (χ4v) is 6.18. The topological polar surface area (TPSA) is 30.9 Å². The van der Waals surface area contributed by atoms with Crippen molar-refractivity contribution in [1.82, 2.24) is 4.90 Å². The summed E-state index contributed by atoms with van der Waals surface area (Å²) in [6.45, 7) is 7.91. The lowest BCUT2D eigenvalue weighted by molar-refractivity contribution is -0.176. The Balaban J connectivity index is 0.000000882. The molecule has 4 heteroatoms. The first-order valence-electron chi connectivity index (χ1n) is 11.6. The molecule has 4 nitrogen and oxygen atoms in total. The Labute approximate surface area is 175 Å². The van der Waals surface area contributed by atoms with Crippen LogP contribution in [0.5, 0.6) is 5.75 Å². The molecule has 1 saturated carbocycles. The zero-order chi connectivity index (χ0) is 20.1. The molecule has 1 aromatic rings. The Hall–Kier alpha value is -1.36. The van der Waals surface area contributed by atoms with Crippen molar-refractivity contribution in [3.8, 4) is 5.75 Å². The number of likely N-dealkylation sites (tertiary alicyclic amines) is 1. The van der Waals surface area contributed by atoms with Gasteiger partial charge in [0.25, 0.3) is 0 Å². The van der Waals surface area contributed by atoms with Gasteiger partial charge in [-0.2, -0.15) is 0 Å². The minimum absolute atomic E-state index is 0.0510. The third-order valence-electron chi connectivity index (χ3n) is 7.63. The first kappa shape index (κ1) is 19.6.